The molecular weight excluding hydrogens is 186 g/mol. The normalized spacial score (nSPS) is 12.1. The Labute approximate surface area is 92.9 Å². The number of hydrogen-bond donors (Lipinski definition) is 0. The van der Waals surface area contributed by atoms with Gasteiger partial charge in [0.25, 0.3) is 0 Å². The Morgan fingerprint density at radius 1 is 1.13 bits per heavy atom. The summed E-state index contributed by atoms with van der Waals surface area (Å²) in [6, 6.07) is 0. The summed E-state index contributed by atoms with van der Waals surface area (Å²) in [6.45, 7) is 12.0. The monoisotopic (exact) mass is 209 g/mol. The van der Waals surface area contributed by atoms with Gasteiger partial charge in [-0.1, -0.05) is 46.3 Å². The van der Waals surface area contributed by atoms with E-state index in [4.69, 9.17) is 0 Å². The molecule has 0 bridgehead atoms. The van der Waals surface area contributed by atoms with Crippen molar-refractivity contribution in [2.24, 2.45) is 0 Å². The summed E-state index contributed by atoms with van der Waals surface area (Å²) in [5, 5.41) is 8.56. The molecule has 0 unspecified atom stereocenters. The van der Waals surface area contributed by atoms with Gasteiger partial charge in [0, 0.05) is 12.0 Å². The predicted molar refractivity (Wildman–Crippen MR) is 63.0 cm³/mol. The maximum atomic E-state index is 4.30. The van der Waals surface area contributed by atoms with E-state index >= 15 is 0 Å². The smallest absolute Gasteiger partial charge is 0.0864 e. The Morgan fingerprint density at radius 3 is 2.27 bits per heavy atom. The van der Waals surface area contributed by atoms with Crippen LogP contribution in [0.15, 0.2) is 0 Å². The molecule has 0 saturated carbocycles. The second-order valence-electron chi connectivity index (χ2n) is 5.11. The third-order valence-electron chi connectivity index (χ3n) is 2.44. The summed E-state index contributed by atoms with van der Waals surface area (Å²) in [4.78, 5) is 0. The van der Waals surface area contributed by atoms with Crippen molar-refractivity contribution < 1.29 is 0 Å². The van der Waals surface area contributed by atoms with Gasteiger partial charge in [0.2, 0.25) is 0 Å². The van der Waals surface area contributed by atoms with Crippen molar-refractivity contribution in [1.29, 1.82) is 0 Å². The van der Waals surface area contributed by atoms with E-state index < -0.39 is 0 Å². The summed E-state index contributed by atoms with van der Waals surface area (Å²) < 4.78 is 2.07. The molecule has 86 valence electrons. The van der Waals surface area contributed by atoms with Crippen LogP contribution in [0, 0.1) is 0 Å². The van der Waals surface area contributed by atoms with Crippen LogP contribution < -0.4 is 0 Å². The van der Waals surface area contributed by atoms with Crippen LogP contribution in [0.4, 0.5) is 0 Å². The standard InChI is InChI=1S/C12H23N3/c1-6-8-10-11(12(3,4)5)15(9-7-2)14-13-10/h6-9H2,1-5H3. The first-order valence-corrected chi connectivity index (χ1v) is 5.93. The van der Waals surface area contributed by atoms with Gasteiger partial charge in [-0.2, -0.15) is 0 Å². The van der Waals surface area contributed by atoms with Crippen LogP contribution in [0.1, 0.15) is 58.8 Å². The summed E-state index contributed by atoms with van der Waals surface area (Å²) in [7, 11) is 0. The highest BCUT2D eigenvalue weighted by molar-refractivity contribution is 5.19. The molecule has 0 aromatic carbocycles. The molecule has 0 atom stereocenters. The second-order valence-corrected chi connectivity index (χ2v) is 5.11. The molecule has 0 N–H and O–H groups in total. The van der Waals surface area contributed by atoms with Crippen LogP contribution in [0.2, 0.25) is 0 Å². The van der Waals surface area contributed by atoms with Crippen molar-refractivity contribution in [3.63, 3.8) is 0 Å². The van der Waals surface area contributed by atoms with Crippen molar-refractivity contribution in [2.75, 3.05) is 0 Å². The zero-order valence-corrected chi connectivity index (χ0v) is 10.7. The summed E-state index contributed by atoms with van der Waals surface area (Å²) >= 11 is 0. The Bertz CT molecular complexity index is 284. The van der Waals surface area contributed by atoms with Crippen LogP contribution in [0.25, 0.3) is 0 Å². The van der Waals surface area contributed by atoms with Gasteiger partial charge in [-0.3, -0.25) is 0 Å². The highest BCUT2D eigenvalue weighted by Crippen LogP contribution is 2.25. The van der Waals surface area contributed by atoms with Crippen LogP contribution in [-0.4, -0.2) is 15.0 Å². The molecule has 1 aromatic rings. The number of nitrogens with zero attached hydrogens (tertiary/aromatic N) is 3. The van der Waals surface area contributed by atoms with E-state index in [1.54, 1.807) is 0 Å². The minimum absolute atomic E-state index is 0.142. The molecule has 0 radical (unpaired) electrons. The van der Waals surface area contributed by atoms with Gasteiger partial charge in [0.1, 0.15) is 0 Å². The van der Waals surface area contributed by atoms with E-state index in [-0.39, 0.29) is 5.41 Å². The van der Waals surface area contributed by atoms with E-state index in [1.165, 1.54) is 11.4 Å². The van der Waals surface area contributed by atoms with Crippen molar-refractivity contribution in [3.8, 4) is 0 Å². The van der Waals surface area contributed by atoms with Crippen LogP contribution >= 0.6 is 0 Å². The third-order valence-corrected chi connectivity index (χ3v) is 2.44. The second kappa shape index (κ2) is 4.77. The van der Waals surface area contributed by atoms with Crippen LogP contribution in [0.3, 0.4) is 0 Å². The van der Waals surface area contributed by atoms with Crippen LogP contribution in [-0.2, 0) is 18.4 Å². The molecule has 1 aromatic heterocycles. The molecule has 0 aliphatic rings. The maximum absolute atomic E-state index is 4.30. The lowest BCUT2D eigenvalue weighted by Crippen LogP contribution is -2.20. The lowest BCUT2D eigenvalue weighted by Gasteiger charge is -2.21. The van der Waals surface area contributed by atoms with Gasteiger partial charge < -0.3 is 0 Å². The molecule has 3 nitrogen and oxygen atoms in total. The fraction of sp³-hybridized carbons (Fsp3) is 0.833. The van der Waals surface area contributed by atoms with E-state index in [0.717, 1.165) is 25.8 Å². The van der Waals surface area contributed by atoms with Gasteiger partial charge in [0.15, 0.2) is 0 Å². The van der Waals surface area contributed by atoms with E-state index in [1.807, 2.05) is 0 Å². The average Bonchev–Trinajstić information content (AvgIpc) is 2.48. The quantitative estimate of drug-likeness (QED) is 0.763. The molecular formula is C12H23N3. The first kappa shape index (κ1) is 12.2. The summed E-state index contributed by atoms with van der Waals surface area (Å²) in [6.07, 6.45) is 3.28. The van der Waals surface area contributed by atoms with E-state index in [9.17, 15) is 0 Å². The Balaban J connectivity index is 3.08. The minimum Gasteiger partial charge on any atom is -0.249 e. The number of rotatable bonds is 4. The minimum atomic E-state index is 0.142. The molecule has 1 rings (SSSR count). The lowest BCUT2D eigenvalue weighted by atomic mass is 9.89. The van der Waals surface area contributed by atoms with Gasteiger partial charge in [-0.25, -0.2) is 4.68 Å². The van der Waals surface area contributed by atoms with Crippen molar-refractivity contribution >= 4 is 0 Å². The first-order chi connectivity index (χ1) is 7.00. The molecule has 0 aliphatic heterocycles. The molecule has 15 heavy (non-hydrogen) atoms. The van der Waals surface area contributed by atoms with Crippen molar-refractivity contribution in [1.82, 2.24) is 15.0 Å². The fourth-order valence-corrected chi connectivity index (χ4v) is 1.94. The predicted octanol–water partition coefficient (Wildman–Crippen LogP) is 2.94. The molecule has 0 fully saturated rings. The van der Waals surface area contributed by atoms with Gasteiger partial charge >= 0.3 is 0 Å². The largest absolute Gasteiger partial charge is 0.249 e. The number of aryl methyl sites for hydroxylation is 2. The van der Waals surface area contributed by atoms with E-state index in [0.29, 0.717) is 0 Å². The molecule has 0 saturated heterocycles. The van der Waals surface area contributed by atoms with Crippen molar-refractivity contribution in [3.05, 3.63) is 11.4 Å². The van der Waals surface area contributed by atoms with Crippen LogP contribution in [0.5, 0.6) is 0 Å². The molecule has 3 heteroatoms. The average molecular weight is 209 g/mol. The van der Waals surface area contributed by atoms with Gasteiger partial charge in [0.05, 0.1) is 11.4 Å². The lowest BCUT2D eigenvalue weighted by molar-refractivity contribution is 0.474. The maximum Gasteiger partial charge on any atom is 0.0864 e. The topological polar surface area (TPSA) is 30.7 Å². The number of aromatic nitrogens is 3. The zero-order valence-electron chi connectivity index (χ0n) is 10.7. The highest BCUT2D eigenvalue weighted by atomic mass is 15.4. The third kappa shape index (κ3) is 2.80. The Hall–Kier alpha value is -0.860. The molecule has 1 heterocycles. The molecule has 0 spiro atoms. The molecule has 0 amide bonds. The van der Waals surface area contributed by atoms with Gasteiger partial charge in [-0.15, -0.1) is 5.10 Å². The van der Waals surface area contributed by atoms with E-state index in [2.05, 4.69) is 49.6 Å². The summed E-state index contributed by atoms with van der Waals surface area (Å²) in [5.41, 5.74) is 2.63. The number of hydrogen-bond acceptors (Lipinski definition) is 2. The Kier molecular flexibility index (Phi) is 3.89. The summed E-state index contributed by atoms with van der Waals surface area (Å²) in [5.74, 6) is 0. The highest BCUT2D eigenvalue weighted by Gasteiger charge is 2.24. The Morgan fingerprint density at radius 2 is 1.80 bits per heavy atom. The van der Waals surface area contributed by atoms with Gasteiger partial charge in [-0.05, 0) is 12.8 Å². The fourth-order valence-electron chi connectivity index (χ4n) is 1.94. The zero-order chi connectivity index (χ0) is 11.5. The molecule has 0 aliphatic carbocycles. The SMILES string of the molecule is CCCc1nnn(CCC)c1C(C)(C)C. The van der Waals surface area contributed by atoms with Crippen molar-refractivity contribution in [2.45, 2.75) is 65.8 Å². The first-order valence-electron chi connectivity index (χ1n) is 5.93.